The quantitative estimate of drug-likeness (QED) is 0.528. The summed E-state index contributed by atoms with van der Waals surface area (Å²) in [6, 6.07) is 9.05. The summed E-state index contributed by atoms with van der Waals surface area (Å²) in [7, 11) is 0. The van der Waals surface area contributed by atoms with Gasteiger partial charge in [-0.3, -0.25) is 4.79 Å². The zero-order valence-electron chi connectivity index (χ0n) is 14.9. The van der Waals surface area contributed by atoms with E-state index in [2.05, 4.69) is 26.5 Å². The maximum atomic E-state index is 11.9. The van der Waals surface area contributed by atoms with Crippen LogP contribution in [0.4, 0.5) is 0 Å². The lowest BCUT2D eigenvalue weighted by Gasteiger charge is -2.09. The molecule has 2 N–H and O–H groups in total. The summed E-state index contributed by atoms with van der Waals surface area (Å²) in [5, 5.41) is 13.8. The molecule has 0 heterocycles. The van der Waals surface area contributed by atoms with Crippen LogP contribution in [0, 0.1) is 13.8 Å². The predicted molar refractivity (Wildman–Crippen MR) is 104 cm³/mol. The molecule has 0 fully saturated rings. The predicted octanol–water partition coefficient (Wildman–Crippen LogP) is 3.70. The number of amides is 1. The Labute approximate surface area is 161 Å². The van der Waals surface area contributed by atoms with Gasteiger partial charge in [-0.2, -0.15) is 5.10 Å². The number of hydrogen-bond donors (Lipinski definition) is 2. The first-order chi connectivity index (χ1) is 12.4. The van der Waals surface area contributed by atoms with E-state index in [0.29, 0.717) is 28.1 Å². The highest BCUT2D eigenvalue weighted by atomic mass is 79.9. The maximum absolute atomic E-state index is 11.9. The van der Waals surface area contributed by atoms with Crippen molar-refractivity contribution in [3.05, 3.63) is 51.5 Å². The molecule has 1 amide bonds. The van der Waals surface area contributed by atoms with Gasteiger partial charge in [0.15, 0.2) is 18.1 Å². The Morgan fingerprint density at radius 2 is 2.00 bits per heavy atom. The average molecular weight is 421 g/mol. The summed E-state index contributed by atoms with van der Waals surface area (Å²) < 4.78 is 11.3. The minimum Gasteiger partial charge on any atom is -0.503 e. The largest absolute Gasteiger partial charge is 0.503 e. The van der Waals surface area contributed by atoms with E-state index < -0.39 is 0 Å². The second-order valence-corrected chi connectivity index (χ2v) is 6.49. The SMILES string of the molecule is CCOc1cc(C=NNC(=O)COc2ccc(C)cc2C)cc(Br)c1O. The Hall–Kier alpha value is -2.54. The average Bonchev–Trinajstić information content (AvgIpc) is 2.58. The maximum Gasteiger partial charge on any atom is 0.277 e. The smallest absolute Gasteiger partial charge is 0.277 e. The number of benzene rings is 2. The first-order valence-corrected chi connectivity index (χ1v) is 8.87. The van der Waals surface area contributed by atoms with Gasteiger partial charge in [-0.1, -0.05) is 17.7 Å². The second-order valence-electron chi connectivity index (χ2n) is 5.63. The number of ether oxygens (including phenoxy) is 2. The Kier molecular flexibility index (Phi) is 7.03. The lowest BCUT2D eigenvalue weighted by atomic mass is 10.1. The van der Waals surface area contributed by atoms with Crippen molar-refractivity contribution >= 4 is 28.1 Å². The Morgan fingerprint density at radius 3 is 2.69 bits per heavy atom. The number of rotatable bonds is 7. The van der Waals surface area contributed by atoms with Crippen molar-refractivity contribution in [1.29, 1.82) is 0 Å². The minimum absolute atomic E-state index is 0.0231. The van der Waals surface area contributed by atoms with Crippen LogP contribution in [0.25, 0.3) is 0 Å². The summed E-state index contributed by atoms with van der Waals surface area (Å²) in [6.45, 7) is 6.04. The van der Waals surface area contributed by atoms with Crippen molar-refractivity contribution in [1.82, 2.24) is 5.43 Å². The molecule has 138 valence electrons. The number of nitrogens with zero attached hydrogens (tertiary/aromatic N) is 1. The molecule has 2 aromatic carbocycles. The van der Waals surface area contributed by atoms with Crippen LogP contribution < -0.4 is 14.9 Å². The normalized spacial score (nSPS) is 10.8. The zero-order valence-corrected chi connectivity index (χ0v) is 16.5. The molecule has 0 spiro atoms. The Balaban J connectivity index is 1.92. The summed E-state index contributed by atoms with van der Waals surface area (Å²) in [4.78, 5) is 11.9. The third kappa shape index (κ3) is 5.49. The number of phenolic OH excluding ortho intramolecular Hbond substituents is 1. The van der Waals surface area contributed by atoms with E-state index in [0.717, 1.165) is 11.1 Å². The molecule has 0 aromatic heterocycles. The first-order valence-electron chi connectivity index (χ1n) is 8.08. The van der Waals surface area contributed by atoms with Gasteiger partial charge in [0.1, 0.15) is 5.75 Å². The molecular weight excluding hydrogens is 400 g/mol. The van der Waals surface area contributed by atoms with Crippen LogP contribution in [0.15, 0.2) is 39.9 Å². The number of aromatic hydroxyl groups is 1. The molecule has 0 saturated carbocycles. The molecule has 2 rings (SSSR count). The van der Waals surface area contributed by atoms with Gasteiger partial charge >= 0.3 is 0 Å². The minimum atomic E-state index is -0.371. The van der Waals surface area contributed by atoms with E-state index in [4.69, 9.17) is 9.47 Å². The van der Waals surface area contributed by atoms with Crippen LogP contribution >= 0.6 is 15.9 Å². The van der Waals surface area contributed by atoms with Gasteiger partial charge in [0.25, 0.3) is 5.91 Å². The van der Waals surface area contributed by atoms with Crippen LogP contribution in [0.1, 0.15) is 23.6 Å². The van der Waals surface area contributed by atoms with Crippen LogP contribution in [0.3, 0.4) is 0 Å². The summed E-state index contributed by atoms with van der Waals surface area (Å²) in [5.74, 6) is 0.658. The molecule has 0 aliphatic heterocycles. The number of phenols is 1. The van der Waals surface area contributed by atoms with Gasteiger partial charge in [0.05, 0.1) is 17.3 Å². The van der Waals surface area contributed by atoms with Gasteiger partial charge in [0.2, 0.25) is 0 Å². The van der Waals surface area contributed by atoms with Gasteiger partial charge < -0.3 is 14.6 Å². The number of aryl methyl sites for hydroxylation is 2. The van der Waals surface area contributed by atoms with Gasteiger partial charge in [0, 0.05) is 0 Å². The highest BCUT2D eigenvalue weighted by Gasteiger charge is 2.08. The fourth-order valence-electron chi connectivity index (χ4n) is 2.25. The summed E-state index contributed by atoms with van der Waals surface area (Å²) in [6.07, 6.45) is 1.46. The third-order valence-corrected chi connectivity index (χ3v) is 4.05. The highest BCUT2D eigenvalue weighted by molar-refractivity contribution is 9.10. The van der Waals surface area contributed by atoms with Crippen LogP contribution in [0.5, 0.6) is 17.2 Å². The highest BCUT2D eigenvalue weighted by Crippen LogP contribution is 2.35. The molecule has 0 saturated heterocycles. The van der Waals surface area contributed by atoms with Crippen LogP contribution in [-0.4, -0.2) is 30.4 Å². The van der Waals surface area contributed by atoms with E-state index in [1.807, 2.05) is 39.0 Å². The van der Waals surface area contributed by atoms with E-state index in [-0.39, 0.29) is 18.3 Å². The van der Waals surface area contributed by atoms with Crippen molar-refractivity contribution in [3.63, 3.8) is 0 Å². The van der Waals surface area contributed by atoms with E-state index in [1.165, 1.54) is 6.21 Å². The van der Waals surface area contributed by atoms with Gasteiger partial charge in [-0.05, 0) is 66.0 Å². The summed E-state index contributed by atoms with van der Waals surface area (Å²) >= 11 is 3.25. The molecule has 2 aromatic rings. The molecule has 0 aliphatic carbocycles. The molecule has 7 heteroatoms. The van der Waals surface area contributed by atoms with Crippen molar-refractivity contribution in [2.45, 2.75) is 20.8 Å². The number of carbonyl (C=O) groups is 1. The number of hydrogen-bond acceptors (Lipinski definition) is 5. The molecule has 26 heavy (non-hydrogen) atoms. The van der Waals surface area contributed by atoms with E-state index >= 15 is 0 Å². The molecular formula is C19H21BrN2O4. The fourth-order valence-corrected chi connectivity index (χ4v) is 2.71. The Bertz CT molecular complexity index is 821. The van der Waals surface area contributed by atoms with Crippen molar-refractivity contribution < 1.29 is 19.4 Å². The van der Waals surface area contributed by atoms with Crippen molar-refractivity contribution in [3.8, 4) is 17.2 Å². The number of carbonyl (C=O) groups excluding carboxylic acids is 1. The first kappa shape index (κ1) is 19.8. The van der Waals surface area contributed by atoms with Crippen LogP contribution in [-0.2, 0) is 4.79 Å². The fraction of sp³-hybridized carbons (Fsp3) is 0.263. The van der Waals surface area contributed by atoms with Crippen LogP contribution in [0.2, 0.25) is 0 Å². The molecule has 0 aliphatic rings. The number of nitrogens with one attached hydrogen (secondary N) is 1. The monoisotopic (exact) mass is 420 g/mol. The van der Waals surface area contributed by atoms with Crippen molar-refractivity contribution in [2.75, 3.05) is 13.2 Å². The summed E-state index contributed by atoms with van der Waals surface area (Å²) in [5.41, 5.74) is 5.17. The molecule has 0 unspecified atom stereocenters. The zero-order chi connectivity index (χ0) is 19.1. The van der Waals surface area contributed by atoms with E-state index in [9.17, 15) is 9.90 Å². The number of halogens is 1. The molecule has 0 bridgehead atoms. The van der Waals surface area contributed by atoms with Gasteiger partial charge in [-0.15, -0.1) is 0 Å². The lowest BCUT2D eigenvalue weighted by Crippen LogP contribution is -2.24. The van der Waals surface area contributed by atoms with E-state index in [1.54, 1.807) is 12.1 Å². The standard InChI is InChI=1S/C19H21BrN2O4/c1-4-25-17-9-14(8-15(20)19(17)24)10-21-22-18(23)11-26-16-6-5-12(2)7-13(16)3/h5-10,24H,4,11H2,1-3H3,(H,22,23). The molecule has 0 atom stereocenters. The Morgan fingerprint density at radius 1 is 1.23 bits per heavy atom. The van der Waals surface area contributed by atoms with Crippen molar-refractivity contribution in [2.24, 2.45) is 5.10 Å². The number of hydrazone groups is 1. The lowest BCUT2D eigenvalue weighted by molar-refractivity contribution is -0.123. The second kappa shape index (κ2) is 9.24. The third-order valence-electron chi connectivity index (χ3n) is 3.44. The topological polar surface area (TPSA) is 80.2 Å². The molecule has 0 radical (unpaired) electrons. The van der Waals surface area contributed by atoms with Gasteiger partial charge in [-0.25, -0.2) is 5.43 Å². The molecule has 6 nitrogen and oxygen atoms in total.